The van der Waals surface area contributed by atoms with Gasteiger partial charge in [0.25, 0.3) is 0 Å². The van der Waals surface area contributed by atoms with Gasteiger partial charge in [0.2, 0.25) is 11.8 Å². The predicted octanol–water partition coefficient (Wildman–Crippen LogP) is -0.838. The summed E-state index contributed by atoms with van der Waals surface area (Å²) in [6.07, 6.45) is 1.01. The summed E-state index contributed by atoms with van der Waals surface area (Å²) in [4.78, 5) is 21.0. The van der Waals surface area contributed by atoms with Gasteiger partial charge >= 0.3 is 0 Å². The Hall–Kier alpha value is -1.16. The van der Waals surface area contributed by atoms with Crippen molar-refractivity contribution in [3.8, 4) is 0 Å². The smallest absolute Gasteiger partial charge is 0.249 e. The van der Waals surface area contributed by atoms with E-state index in [2.05, 4.69) is 6.58 Å². The molecule has 2 amide bonds. The van der Waals surface area contributed by atoms with E-state index in [9.17, 15) is 9.59 Å². The summed E-state index contributed by atoms with van der Waals surface area (Å²) in [5.74, 6) is -1.02. The summed E-state index contributed by atoms with van der Waals surface area (Å²) in [6.45, 7) is 4.66. The van der Waals surface area contributed by atoms with Gasteiger partial charge < -0.3 is 5.73 Å². The molecule has 0 aliphatic rings. The molecule has 0 saturated heterocycles. The second-order valence-corrected chi connectivity index (χ2v) is 1.85. The Labute approximate surface area is 59.1 Å². The van der Waals surface area contributed by atoms with Crippen LogP contribution in [0.3, 0.4) is 0 Å². The Balaban J connectivity index is 3.80. The van der Waals surface area contributed by atoms with Gasteiger partial charge in [-0.05, 0) is 13.0 Å². The van der Waals surface area contributed by atoms with Gasteiger partial charge in [0.15, 0.2) is 0 Å². The van der Waals surface area contributed by atoms with E-state index in [0.29, 0.717) is 0 Å². The quantitative estimate of drug-likeness (QED) is 0.494. The highest BCUT2D eigenvalue weighted by Gasteiger charge is 2.08. The lowest BCUT2D eigenvalue weighted by Crippen LogP contribution is -2.40. The third kappa shape index (κ3) is 2.99. The normalized spacial score (nSPS) is 11.8. The van der Waals surface area contributed by atoms with Crippen molar-refractivity contribution in [3.05, 3.63) is 12.7 Å². The highest BCUT2D eigenvalue weighted by molar-refractivity contribution is 6.02. The second kappa shape index (κ2) is 3.79. The van der Waals surface area contributed by atoms with Crippen molar-refractivity contribution in [1.29, 1.82) is 0 Å². The maximum absolute atomic E-state index is 10.6. The number of hydrogen-bond donors (Lipinski definition) is 2. The molecule has 1 unspecified atom stereocenters. The van der Waals surface area contributed by atoms with Crippen LogP contribution in [0.4, 0.5) is 0 Å². The van der Waals surface area contributed by atoms with Gasteiger partial charge in [0.05, 0.1) is 6.04 Å². The number of amides is 2. The van der Waals surface area contributed by atoms with Gasteiger partial charge in [-0.3, -0.25) is 14.9 Å². The zero-order valence-electron chi connectivity index (χ0n) is 5.76. The van der Waals surface area contributed by atoms with Crippen molar-refractivity contribution < 1.29 is 9.59 Å². The molecule has 4 nitrogen and oxygen atoms in total. The van der Waals surface area contributed by atoms with Crippen molar-refractivity contribution >= 4 is 11.8 Å². The molecule has 56 valence electrons. The van der Waals surface area contributed by atoms with Crippen molar-refractivity contribution in [3.63, 3.8) is 0 Å². The first-order chi connectivity index (χ1) is 4.57. The Bertz CT molecular complexity index is 163. The van der Waals surface area contributed by atoms with E-state index in [1.165, 1.54) is 6.92 Å². The van der Waals surface area contributed by atoms with E-state index in [1.54, 1.807) is 0 Å². The summed E-state index contributed by atoms with van der Waals surface area (Å²) >= 11 is 0. The van der Waals surface area contributed by atoms with E-state index in [-0.39, 0.29) is 0 Å². The monoisotopic (exact) mass is 142 g/mol. The molecule has 0 aliphatic heterocycles. The number of nitrogens with one attached hydrogen (secondary N) is 1. The van der Waals surface area contributed by atoms with E-state index in [1.807, 2.05) is 5.32 Å². The first kappa shape index (κ1) is 8.84. The molecule has 0 aromatic carbocycles. The average molecular weight is 142 g/mol. The Morgan fingerprint density at radius 3 is 2.50 bits per heavy atom. The van der Waals surface area contributed by atoms with Crippen LogP contribution in [0.5, 0.6) is 0 Å². The van der Waals surface area contributed by atoms with E-state index in [4.69, 9.17) is 5.73 Å². The highest BCUT2D eigenvalue weighted by atomic mass is 16.2. The number of carbonyl (C=O) groups excluding carboxylic acids is 2. The molecule has 0 aliphatic carbocycles. The zero-order chi connectivity index (χ0) is 8.15. The van der Waals surface area contributed by atoms with Gasteiger partial charge in [-0.1, -0.05) is 6.58 Å². The van der Waals surface area contributed by atoms with Crippen LogP contribution >= 0.6 is 0 Å². The number of hydrogen-bond acceptors (Lipinski definition) is 3. The van der Waals surface area contributed by atoms with Crippen LogP contribution in [0.2, 0.25) is 0 Å². The molecule has 1 atom stereocenters. The Kier molecular flexibility index (Phi) is 3.35. The lowest BCUT2D eigenvalue weighted by Gasteiger charge is -2.02. The van der Waals surface area contributed by atoms with Crippen LogP contribution in [0.25, 0.3) is 0 Å². The summed E-state index contributed by atoms with van der Waals surface area (Å²) in [7, 11) is 0. The molecule has 0 bridgehead atoms. The van der Waals surface area contributed by atoms with Crippen LogP contribution < -0.4 is 11.1 Å². The van der Waals surface area contributed by atoms with Crippen molar-refractivity contribution in [2.75, 3.05) is 0 Å². The first-order valence-electron chi connectivity index (χ1n) is 2.80. The molecule has 0 aromatic rings. The fraction of sp³-hybridized carbons (Fsp3) is 0.333. The number of carbonyl (C=O) groups is 2. The standard InChI is InChI=1S/C6H10N2O2/c1-3-5(9)8-6(10)4(2)7/h3-4H,1,7H2,2H3,(H,8,9,10). The van der Waals surface area contributed by atoms with Crippen LogP contribution in [0.15, 0.2) is 12.7 Å². The van der Waals surface area contributed by atoms with Crippen molar-refractivity contribution in [2.24, 2.45) is 5.73 Å². The topological polar surface area (TPSA) is 72.2 Å². The van der Waals surface area contributed by atoms with E-state index in [0.717, 1.165) is 6.08 Å². The Morgan fingerprint density at radius 2 is 2.20 bits per heavy atom. The average Bonchev–Trinajstić information content (AvgIpc) is 1.87. The Morgan fingerprint density at radius 1 is 1.70 bits per heavy atom. The molecule has 3 N–H and O–H groups in total. The van der Waals surface area contributed by atoms with Crippen molar-refractivity contribution in [2.45, 2.75) is 13.0 Å². The minimum atomic E-state index is -0.663. The van der Waals surface area contributed by atoms with Gasteiger partial charge in [-0.2, -0.15) is 0 Å². The zero-order valence-corrected chi connectivity index (χ0v) is 5.76. The molecule has 10 heavy (non-hydrogen) atoms. The first-order valence-corrected chi connectivity index (χ1v) is 2.80. The lowest BCUT2D eigenvalue weighted by molar-refractivity contribution is -0.128. The summed E-state index contributed by atoms with van der Waals surface area (Å²) < 4.78 is 0. The molecule has 0 aromatic heterocycles. The number of nitrogens with two attached hydrogens (primary N) is 1. The van der Waals surface area contributed by atoms with Gasteiger partial charge in [-0.25, -0.2) is 0 Å². The highest BCUT2D eigenvalue weighted by Crippen LogP contribution is 1.74. The third-order valence-electron chi connectivity index (χ3n) is 0.845. The molecule has 4 heteroatoms. The van der Waals surface area contributed by atoms with Crippen LogP contribution in [-0.4, -0.2) is 17.9 Å². The largest absolute Gasteiger partial charge is 0.320 e. The fourth-order valence-corrected chi connectivity index (χ4v) is 0.286. The fourth-order valence-electron chi connectivity index (χ4n) is 0.286. The lowest BCUT2D eigenvalue weighted by atomic mass is 10.3. The van der Waals surface area contributed by atoms with E-state index >= 15 is 0 Å². The van der Waals surface area contributed by atoms with Crippen LogP contribution in [-0.2, 0) is 9.59 Å². The molecule has 0 heterocycles. The molecular formula is C6H10N2O2. The molecule has 0 spiro atoms. The molecule has 0 rings (SSSR count). The van der Waals surface area contributed by atoms with Gasteiger partial charge in [0.1, 0.15) is 0 Å². The maximum atomic E-state index is 10.6. The minimum absolute atomic E-state index is 0.495. The number of rotatable bonds is 2. The van der Waals surface area contributed by atoms with Gasteiger partial charge in [-0.15, -0.1) is 0 Å². The predicted molar refractivity (Wildman–Crippen MR) is 37.0 cm³/mol. The van der Waals surface area contributed by atoms with Crippen molar-refractivity contribution in [1.82, 2.24) is 5.32 Å². The van der Waals surface area contributed by atoms with E-state index < -0.39 is 17.9 Å². The summed E-state index contributed by atoms with van der Waals surface area (Å²) in [5, 5.41) is 2.01. The number of imide groups is 1. The second-order valence-electron chi connectivity index (χ2n) is 1.85. The van der Waals surface area contributed by atoms with Gasteiger partial charge in [0, 0.05) is 0 Å². The molecule has 0 fully saturated rings. The van der Waals surface area contributed by atoms with Crippen LogP contribution in [0.1, 0.15) is 6.92 Å². The molecular weight excluding hydrogens is 132 g/mol. The maximum Gasteiger partial charge on any atom is 0.249 e. The third-order valence-corrected chi connectivity index (χ3v) is 0.845. The summed E-state index contributed by atoms with van der Waals surface area (Å²) in [6, 6.07) is -0.663. The molecule has 0 radical (unpaired) electrons. The molecule has 0 saturated carbocycles. The SMILES string of the molecule is C=CC(=O)NC(=O)C(C)N. The van der Waals surface area contributed by atoms with Crippen LogP contribution in [0, 0.1) is 0 Å². The summed E-state index contributed by atoms with van der Waals surface area (Å²) in [5.41, 5.74) is 5.14. The minimum Gasteiger partial charge on any atom is -0.320 e.